The first-order valence-corrected chi connectivity index (χ1v) is 5.02. The molecule has 2 rings (SSSR count). The molecule has 1 heteroatoms. The summed E-state index contributed by atoms with van der Waals surface area (Å²) in [6.45, 7) is 6.96. The van der Waals surface area contributed by atoms with Gasteiger partial charge in [0.1, 0.15) is 0 Å². The minimum atomic E-state index is 0.383. The number of fused-ring (bicyclic) bond motifs is 1. The van der Waals surface area contributed by atoms with Gasteiger partial charge in [-0.2, -0.15) is 0 Å². The Balaban J connectivity index is 2.39. The van der Waals surface area contributed by atoms with Crippen molar-refractivity contribution in [1.82, 2.24) is 4.98 Å². The van der Waals surface area contributed by atoms with Crippen LogP contribution in [0, 0.1) is 5.41 Å². The highest BCUT2D eigenvalue weighted by Gasteiger charge is 2.31. The first kappa shape index (κ1) is 8.74. The Morgan fingerprint density at radius 1 is 1.38 bits per heavy atom. The quantitative estimate of drug-likeness (QED) is 0.590. The van der Waals surface area contributed by atoms with Gasteiger partial charge in [0.25, 0.3) is 0 Å². The van der Waals surface area contributed by atoms with Gasteiger partial charge in [-0.3, -0.25) is 4.98 Å². The summed E-state index contributed by atoms with van der Waals surface area (Å²) < 4.78 is 0. The summed E-state index contributed by atoms with van der Waals surface area (Å²) in [6.07, 6.45) is 6.49. The van der Waals surface area contributed by atoms with Crippen LogP contribution in [0.5, 0.6) is 0 Å². The molecule has 1 aliphatic carbocycles. The number of aromatic nitrogens is 1. The number of hydrogen-bond acceptors (Lipinski definition) is 1. The summed E-state index contributed by atoms with van der Waals surface area (Å²) in [5.41, 5.74) is 3.37. The van der Waals surface area contributed by atoms with Crippen LogP contribution in [-0.4, -0.2) is 4.98 Å². The van der Waals surface area contributed by atoms with Crippen LogP contribution < -0.4 is 0 Å². The molecule has 0 radical (unpaired) electrons. The SMILES string of the molecule is CC(C)(C)[C@H]1CCc2ccncc21. The van der Waals surface area contributed by atoms with Gasteiger partial charge < -0.3 is 0 Å². The van der Waals surface area contributed by atoms with E-state index in [-0.39, 0.29) is 0 Å². The zero-order chi connectivity index (χ0) is 9.47. The standard InChI is InChI=1S/C12H17N/c1-12(2,3)11-5-4-9-6-7-13-8-10(9)11/h6-8,11H,4-5H2,1-3H3/t11-/m0/s1. The van der Waals surface area contributed by atoms with E-state index in [0.717, 1.165) is 0 Å². The lowest BCUT2D eigenvalue weighted by Gasteiger charge is -2.27. The molecule has 0 aromatic carbocycles. The maximum Gasteiger partial charge on any atom is 0.0305 e. The van der Waals surface area contributed by atoms with E-state index in [1.807, 2.05) is 6.20 Å². The second-order valence-corrected chi connectivity index (χ2v) is 5.03. The Labute approximate surface area is 80.2 Å². The molecule has 0 spiro atoms. The van der Waals surface area contributed by atoms with Crippen molar-refractivity contribution in [3.05, 3.63) is 29.6 Å². The summed E-state index contributed by atoms with van der Waals surface area (Å²) in [5.74, 6) is 0.705. The first-order chi connectivity index (χ1) is 6.09. The van der Waals surface area contributed by atoms with Crippen molar-refractivity contribution >= 4 is 0 Å². The van der Waals surface area contributed by atoms with Gasteiger partial charge >= 0.3 is 0 Å². The average Bonchev–Trinajstić information content (AvgIpc) is 2.45. The normalized spacial score (nSPS) is 21.6. The Morgan fingerprint density at radius 3 is 2.85 bits per heavy atom. The molecule has 13 heavy (non-hydrogen) atoms. The average molecular weight is 175 g/mol. The zero-order valence-corrected chi connectivity index (χ0v) is 8.67. The number of pyridine rings is 1. The molecule has 1 heterocycles. The molecule has 0 N–H and O–H groups in total. The molecule has 1 aliphatic rings. The fourth-order valence-corrected chi connectivity index (χ4v) is 2.33. The highest BCUT2D eigenvalue weighted by Crippen LogP contribution is 2.44. The topological polar surface area (TPSA) is 12.9 Å². The highest BCUT2D eigenvalue weighted by atomic mass is 14.6. The van der Waals surface area contributed by atoms with Crippen molar-refractivity contribution in [3.8, 4) is 0 Å². The molecule has 1 aromatic heterocycles. The number of hydrogen-bond donors (Lipinski definition) is 0. The largest absolute Gasteiger partial charge is 0.264 e. The van der Waals surface area contributed by atoms with Crippen LogP contribution in [0.2, 0.25) is 0 Å². The second-order valence-electron chi connectivity index (χ2n) is 5.03. The van der Waals surface area contributed by atoms with Gasteiger partial charge in [0, 0.05) is 12.4 Å². The second kappa shape index (κ2) is 2.83. The van der Waals surface area contributed by atoms with E-state index in [0.29, 0.717) is 11.3 Å². The summed E-state index contributed by atoms with van der Waals surface area (Å²) in [4.78, 5) is 4.22. The van der Waals surface area contributed by atoms with Crippen molar-refractivity contribution in [2.24, 2.45) is 5.41 Å². The van der Waals surface area contributed by atoms with Crippen LogP contribution in [0.3, 0.4) is 0 Å². The van der Waals surface area contributed by atoms with E-state index in [4.69, 9.17) is 0 Å². The Bertz CT molecular complexity index is 309. The third kappa shape index (κ3) is 1.48. The predicted molar refractivity (Wildman–Crippen MR) is 54.8 cm³/mol. The van der Waals surface area contributed by atoms with Gasteiger partial charge in [-0.25, -0.2) is 0 Å². The first-order valence-electron chi connectivity index (χ1n) is 5.02. The van der Waals surface area contributed by atoms with Gasteiger partial charge in [0.05, 0.1) is 0 Å². The molecule has 1 aromatic rings. The maximum absolute atomic E-state index is 4.22. The van der Waals surface area contributed by atoms with Crippen molar-refractivity contribution in [1.29, 1.82) is 0 Å². The van der Waals surface area contributed by atoms with Gasteiger partial charge in [-0.1, -0.05) is 20.8 Å². The van der Waals surface area contributed by atoms with Crippen molar-refractivity contribution in [3.63, 3.8) is 0 Å². The maximum atomic E-state index is 4.22. The third-order valence-corrected chi connectivity index (χ3v) is 3.07. The molecule has 0 amide bonds. The summed E-state index contributed by atoms with van der Waals surface area (Å²) in [5, 5.41) is 0. The van der Waals surface area contributed by atoms with Gasteiger partial charge in [0.15, 0.2) is 0 Å². The smallest absolute Gasteiger partial charge is 0.0305 e. The highest BCUT2D eigenvalue weighted by molar-refractivity contribution is 5.33. The lowest BCUT2D eigenvalue weighted by molar-refractivity contribution is 0.318. The minimum Gasteiger partial charge on any atom is -0.264 e. The molecular weight excluding hydrogens is 158 g/mol. The molecule has 0 saturated carbocycles. The fourth-order valence-electron chi connectivity index (χ4n) is 2.33. The van der Waals surface area contributed by atoms with Crippen molar-refractivity contribution in [2.75, 3.05) is 0 Å². The summed E-state index contributed by atoms with van der Waals surface area (Å²) in [6, 6.07) is 2.17. The number of nitrogens with zero attached hydrogens (tertiary/aromatic N) is 1. The Morgan fingerprint density at radius 2 is 2.15 bits per heavy atom. The fraction of sp³-hybridized carbons (Fsp3) is 0.583. The summed E-state index contributed by atoms with van der Waals surface area (Å²) >= 11 is 0. The lowest BCUT2D eigenvalue weighted by Crippen LogP contribution is -2.15. The zero-order valence-electron chi connectivity index (χ0n) is 8.67. The molecule has 0 unspecified atom stereocenters. The van der Waals surface area contributed by atoms with Crippen molar-refractivity contribution < 1.29 is 0 Å². The molecule has 1 atom stereocenters. The van der Waals surface area contributed by atoms with Crippen LogP contribution in [0.15, 0.2) is 18.5 Å². The van der Waals surface area contributed by atoms with Gasteiger partial charge in [-0.05, 0) is 41.4 Å². The molecule has 0 saturated heterocycles. The lowest BCUT2D eigenvalue weighted by atomic mass is 9.78. The van der Waals surface area contributed by atoms with Crippen LogP contribution >= 0.6 is 0 Å². The van der Waals surface area contributed by atoms with E-state index in [1.165, 1.54) is 24.0 Å². The third-order valence-electron chi connectivity index (χ3n) is 3.07. The Kier molecular flexibility index (Phi) is 1.90. The van der Waals surface area contributed by atoms with E-state index in [9.17, 15) is 0 Å². The minimum absolute atomic E-state index is 0.383. The molecule has 0 aliphatic heterocycles. The van der Waals surface area contributed by atoms with E-state index in [2.05, 4.69) is 38.0 Å². The van der Waals surface area contributed by atoms with Crippen LogP contribution in [0.25, 0.3) is 0 Å². The predicted octanol–water partition coefficient (Wildman–Crippen LogP) is 3.16. The molecule has 0 fully saturated rings. The number of rotatable bonds is 0. The van der Waals surface area contributed by atoms with Crippen molar-refractivity contribution in [2.45, 2.75) is 39.5 Å². The summed E-state index contributed by atoms with van der Waals surface area (Å²) in [7, 11) is 0. The van der Waals surface area contributed by atoms with E-state index in [1.54, 1.807) is 0 Å². The van der Waals surface area contributed by atoms with E-state index < -0.39 is 0 Å². The molecule has 1 nitrogen and oxygen atoms in total. The van der Waals surface area contributed by atoms with Gasteiger partial charge in [-0.15, -0.1) is 0 Å². The van der Waals surface area contributed by atoms with Crippen LogP contribution in [0.1, 0.15) is 44.2 Å². The van der Waals surface area contributed by atoms with E-state index >= 15 is 0 Å². The molecule has 70 valence electrons. The van der Waals surface area contributed by atoms with Crippen LogP contribution in [0.4, 0.5) is 0 Å². The molecular formula is C12H17N. The Hall–Kier alpha value is -0.850. The number of aryl methyl sites for hydroxylation is 1. The monoisotopic (exact) mass is 175 g/mol. The van der Waals surface area contributed by atoms with Crippen LogP contribution in [-0.2, 0) is 6.42 Å². The molecule has 0 bridgehead atoms. The van der Waals surface area contributed by atoms with Gasteiger partial charge in [0.2, 0.25) is 0 Å².